The maximum absolute atomic E-state index is 13.5. The normalized spacial score (nSPS) is 9.88. The minimum absolute atomic E-state index is 0.130. The summed E-state index contributed by atoms with van der Waals surface area (Å²) in [5.74, 6) is -0.287. The van der Waals surface area contributed by atoms with E-state index in [1.165, 1.54) is 19.2 Å². The number of carbonyl (C=O) groups excluding carboxylic acids is 1. The van der Waals surface area contributed by atoms with Crippen LogP contribution in [0.3, 0.4) is 0 Å². The molecule has 0 saturated heterocycles. The number of halogens is 1. The number of Topliss-reactive ketones (excluding diaryl/α,β-unsaturated/α-hetero) is 1. The molecular formula is C13H15FO2. The lowest BCUT2D eigenvalue weighted by Crippen LogP contribution is -2.02. The summed E-state index contributed by atoms with van der Waals surface area (Å²) in [6.07, 6.45) is 3.56. The van der Waals surface area contributed by atoms with Crippen molar-refractivity contribution in [2.24, 2.45) is 0 Å². The van der Waals surface area contributed by atoms with Gasteiger partial charge in [-0.3, -0.25) is 4.79 Å². The van der Waals surface area contributed by atoms with Gasteiger partial charge in [-0.2, -0.15) is 0 Å². The maximum Gasteiger partial charge on any atom is 0.165 e. The van der Waals surface area contributed by atoms with Gasteiger partial charge in [-0.1, -0.05) is 6.08 Å². The minimum Gasteiger partial charge on any atom is -0.497 e. The number of ether oxygens (including phenoxy) is 1. The zero-order chi connectivity index (χ0) is 12.0. The third-order valence-electron chi connectivity index (χ3n) is 2.29. The highest BCUT2D eigenvalue weighted by atomic mass is 19.1. The lowest BCUT2D eigenvalue weighted by atomic mass is 10.0. The first-order chi connectivity index (χ1) is 7.69. The number of carbonyl (C=O) groups is 1. The van der Waals surface area contributed by atoms with Crippen molar-refractivity contribution in [1.29, 1.82) is 0 Å². The Morgan fingerprint density at radius 1 is 1.56 bits per heavy atom. The molecule has 0 bridgehead atoms. The van der Waals surface area contributed by atoms with Gasteiger partial charge in [-0.05, 0) is 25.0 Å². The molecule has 1 aromatic rings. The molecule has 0 aromatic heterocycles. The monoisotopic (exact) mass is 222 g/mol. The molecule has 0 saturated carbocycles. The first-order valence-electron chi connectivity index (χ1n) is 5.16. The Kier molecular flexibility index (Phi) is 4.70. The van der Waals surface area contributed by atoms with Crippen molar-refractivity contribution in [1.82, 2.24) is 0 Å². The van der Waals surface area contributed by atoms with Crippen LogP contribution in [0.15, 0.2) is 30.9 Å². The SMILES string of the molecule is C=CCCCC(=O)c1ccc(OC)cc1F. The zero-order valence-electron chi connectivity index (χ0n) is 9.33. The van der Waals surface area contributed by atoms with E-state index in [4.69, 9.17) is 4.74 Å². The van der Waals surface area contributed by atoms with E-state index in [9.17, 15) is 9.18 Å². The van der Waals surface area contributed by atoms with Gasteiger partial charge >= 0.3 is 0 Å². The first-order valence-corrected chi connectivity index (χ1v) is 5.16. The smallest absolute Gasteiger partial charge is 0.165 e. The van der Waals surface area contributed by atoms with Crippen LogP contribution in [0.5, 0.6) is 5.75 Å². The number of benzene rings is 1. The Bertz CT molecular complexity index is 386. The van der Waals surface area contributed by atoms with E-state index in [1.54, 1.807) is 12.1 Å². The Balaban J connectivity index is 2.72. The highest BCUT2D eigenvalue weighted by molar-refractivity contribution is 5.96. The van der Waals surface area contributed by atoms with Gasteiger partial charge in [0.25, 0.3) is 0 Å². The molecule has 0 heterocycles. The highest BCUT2D eigenvalue weighted by Gasteiger charge is 2.11. The highest BCUT2D eigenvalue weighted by Crippen LogP contribution is 2.18. The molecule has 0 atom stereocenters. The summed E-state index contributed by atoms with van der Waals surface area (Å²) in [4.78, 5) is 11.6. The van der Waals surface area contributed by atoms with Crippen LogP contribution in [0, 0.1) is 5.82 Å². The van der Waals surface area contributed by atoms with Gasteiger partial charge in [-0.25, -0.2) is 4.39 Å². The number of rotatable bonds is 6. The molecule has 0 aliphatic rings. The van der Waals surface area contributed by atoms with Crippen molar-refractivity contribution in [2.75, 3.05) is 7.11 Å². The Hall–Kier alpha value is -1.64. The van der Waals surface area contributed by atoms with E-state index in [1.807, 2.05) is 0 Å². The third-order valence-corrected chi connectivity index (χ3v) is 2.29. The van der Waals surface area contributed by atoms with Gasteiger partial charge in [0.2, 0.25) is 0 Å². The number of methoxy groups -OCH3 is 1. The molecule has 16 heavy (non-hydrogen) atoms. The molecule has 0 N–H and O–H groups in total. The van der Waals surface area contributed by atoms with E-state index in [0.29, 0.717) is 18.6 Å². The first kappa shape index (κ1) is 12.4. The fourth-order valence-corrected chi connectivity index (χ4v) is 1.39. The molecule has 3 heteroatoms. The topological polar surface area (TPSA) is 26.3 Å². The fourth-order valence-electron chi connectivity index (χ4n) is 1.39. The molecule has 0 fully saturated rings. The van der Waals surface area contributed by atoms with Crippen molar-refractivity contribution < 1.29 is 13.9 Å². The van der Waals surface area contributed by atoms with Gasteiger partial charge in [-0.15, -0.1) is 6.58 Å². The summed E-state index contributed by atoms with van der Waals surface area (Å²) in [6, 6.07) is 4.27. The standard InChI is InChI=1S/C13H15FO2/c1-3-4-5-6-13(15)11-8-7-10(16-2)9-12(11)14/h3,7-9H,1,4-6H2,2H3. The predicted octanol–water partition coefficient (Wildman–Crippen LogP) is 3.37. The van der Waals surface area contributed by atoms with E-state index in [0.717, 1.165) is 6.42 Å². The van der Waals surface area contributed by atoms with Crippen LogP contribution in [-0.2, 0) is 0 Å². The molecule has 1 rings (SSSR count). The van der Waals surface area contributed by atoms with Gasteiger partial charge < -0.3 is 4.74 Å². The quantitative estimate of drug-likeness (QED) is 0.419. The lowest BCUT2D eigenvalue weighted by Gasteiger charge is -2.04. The van der Waals surface area contributed by atoms with Gasteiger partial charge in [0.1, 0.15) is 11.6 Å². The molecule has 2 nitrogen and oxygen atoms in total. The second-order valence-electron chi connectivity index (χ2n) is 3.45. The van der Waals surface area contributed by atoms with Gasteiger partial charge in [0.15, 0.2) is 5.78 Å². The molecular weight excluding hydrogens is 207 g/mol. The van der Waals surface area contributed by atoms with E-state index < -0.39 is 5.82 Å². The van der Waals surface area contributed by atoms with Crippen LogP contribution < -0.4 is 4.74 Å². The second kappa shape index (κ2) is 6.05. The van der Waals surface area contributed by atoms with Crippen molar-refractivity contribution in [3.8, 4) is 5.75 Å². The van der Waals surface area contributed by atoms with Crippen molar-refractivity contribution >= 4 is 5.78 Å². The number of hydrogen-bond acceptors (Lipinski definition) is 2. The summed E-state index contributed by atoms with van der Waals surface area (Å²) in [6.45, 7) is 3.57. The molecule has 0 spiro atoms. The van der Waals surface area contributed by atoms with Crippen molar-refractivity contribution in [3.05, 3.63) is 42.2 Å². The molecule has 1 aromatic carbocycles. The fraction of sp³-hybridized carbons (Fsp3) is 0.308. The van der Waals surface area contributed by atoms with Crippen LogP contribution in [0.4, 0.5) is 4.39 Å². The number of hydrogen-bond donors (Lipinski definition) is 0. The lowest BCUT2D eigenvalue weighted by molar-refractivity contribution is 0.0976. The third kappa shape index (κ3) is 3.19. The zero-order valence-corrected chi connectivity index (χ0v) is 9.33. The van der Waals surface area contributed by atoms with E-state index >= 15 is 0 Å². The molecule has 0 unspecified atom stereocenters. The Labute approximate surface area is 94.7 Å². The number of unbranched alkanes of at least 4 members (excludes halogenated alkanes) is 1. The van der Waals surface area contributed by atoms with Crippen molar-refractivity contribution in [3.63, 3.8) is 0 Å². The van der Waals surface area contributed by atoms with E-state index in [-0.39, 0.29) is 11.3 Å². The van der Waals surface area contributed by atoms with Crippen LogP contribution in [0.1, 0.15) is 29.6 Å². The summed E-state index contributed by atoms with van der Waals surface area (Å²) in [5.41, 5.74) is 0.130. The minimum atomic E-state index is -0.525. The van der Waals surface area contributed by atoms with Crippen molar-refractivity contribution in [2.45, 2.75) is 19.3 Å². The second-order valence-corrected chi connectivity index (χ2v) is 3.45. The molecule has 0 aliphatic heterocycles. The molecule has 0 radical (unpaired) electrons. The predicted molar refractivity (Wildman–Crippen MR) is 61.3 cm³/mol. The maximum atomic E-state index is 13.5. The van der Waals surface area contributed by atoms with E-state index in [2.05, 4.69) is 6.58 Å². The Morgan fingerprint density at radius 3 is 2.88 bits per heavy atom. The van der Waals surface area contributed by atoms with Crippen LogP contribution >= 0.6 is 0 Å². The summed E-state index contributed by atoms with van der Waals surface area (Å²) in [5, 5.41) is 0. The molecule has 86 valence electrons. The largest absolute Gasteiger partial charge is 0.497 e. The van der Waals surface area contributed by atoms with Crippen LogP contribution in [0.2, 0.25) is 0 Å². The summed E-state index contributed by atoms with van der Waals surface area (Å²) >= 11 is 0. The van der Waals surface area contributed by atoms with Crippen LogP contribution in [-0.4, -0.2) is 12.9 Å². The van der Waals surface area contributed by atoms with Gasteiger partial charge in [0, 0.05) is 12.5 Å². The average molecular weight is 222 g/mol. The average Bonchev–Trinajstić information content (AvgIpc) is 2.29. The number of allylic oxidation sites excluding steroid dienone is 1. The molecule has 0 aliphatic carbocycles. The van der Waals surface area contributed by atoms with Gasteiger partial charge in [0.05, 0.1) is 12.7 Å². The summed E-state index contributed by atoms with van der Waals surface area (Å²) < 4.78 is 18.3. The summed E-state index contributed by atoms with van der Waals surface area (Å²) in [7, 11) is 1.46. The number of ketones is 1. The Morgan fingerprint density at radius 2 is 2.31 bits per heavy atom. The van der Waals surface area contributed by atoms with Crippen LogP contribution in [0.25, 0.3) is 0 Å². The molecule has 0 amide bonds.